The topological polar surface area (TPSA) is 76.2 Å². The summed E-state index contributed by atoms with van der Waals surface area (Å²) < 4.78 is 12.2. The lowest BCUT2D eigenvalue weighted by Gasteiger charge is -2.34. The Kier molecular flexibility index (Phi) is 4.35. The summed E-state index contributed by atoms with van der Waals surface area (Å²) >= 11 is 0. The number of ether oxygens (including phenoxy) is 2. The van der Waals surface area contributed by atoms with Gasteiger partial charge in [-0.15, -0.1) is 0 Å². The average molecular weight is 333 g/mol. The van der Waals surface area contributed by atoms with Crippen molar-refractivity contribution in [3.63, 3.8) is 0 Å². The molecule has 1 saturated carbocycles. The van der Waals surface area contributed by atoms with Gasteiger partial charge < -0.3 is 14.8 Å². The van der Waals surface area contributed by atoms with Crippen LogP contribution in [0, 0.1) is 5.92 Å². The summed E-state index contributed by atoms with van der Waals surface area (Å²) in [6.07, 6.45) is 8.93. The minimum Gasteiger partial charge on any atom is -0.353 e. The molecular formula is C18H27N3O3. The monoisotopic (exact) mass is 333 g/mol. The van der Waals surface area contributed by atoms with Crippen molar-refractivity contribution in [3.8, 4) is 0 Å². The van der Waals surface area contributed by atoms with Gasteiger partial charge in [0.2, 0.25) is 5.91 Å². The van der Waals surface area contributed by atoms with E-state index in [9.17, 15) is 4.79 Å². The van der Waals surface area contributed by atoms with E-state index in [-0.39, 0.29) is 23.7 Å². The summed E-state index contributed by atoms with van der Waals surface area (Å²) in [5.74, 6) is 0.375. The molecule has 1 aromatic rings. The minimum atomic E-state index is -0.384. The second kappa shape index (κ2) is 6.48. The van der Waals surface area contributed by atoms with Gasteiger partial charge in [-0.25, -0.2) is 0 Å². The van der Waals surface area contributed by atoms with Gasteiger partial charge in [-0.2, -0.15) is 5.10 Å². The normalized spacial score (nSPS) is 35.8. The number of rotatable bonds is 3. The van der Waals surface area contributed by atoms with Crippen molar-refractivity contribution in [2.75, 3.05) is 13.2 Å². The van der Waals surface area contributed by atoms with Crippen molar-refractivity contribution in [1.29, 1.82) is 0 Å². The number of amides is 1. The van der Waals surface area contributed by atoms with Crippen molar-refractivity contribution in [1.82, 2.24) is 15.5 Å². The number of nitrogens with zero attached hydrogens (tertiary/aromatic N) is 1. The minimum absolute atomic E-state index is 0.0326. The Morgan fingerprint density at radius 2 is 2.25 bits per heavy atom. The predicted molar refractivity (Wildman–Crippen MR) is 88.5 cm³/mol. The molecule has 2 atom stereocenters. The number of aromatic nitrogens is 2. The van der Waals surface area contributed by atoms with E-state index in [1.165, 1.54) is 0 Å². The molecule has 1 saturated heterocycles. The molecule has 4 rings (SSSR count). The van der Waals surface area contributed by atoms with E-state index in [2.05, 4.69) is 22.4 Å². The van der Waals surface area contributed by atoms with Crippen LogP contribution in [0.1, 0.15) is 62.6 Å². The fourth-order valence-electron chi connectivity index (χ4n) is 4.25. The van der Waals surface area contributed by atoms with Gasteiger partial charge in [0.25, 0.3) is 0 Å². The first-order valence-electron chi connectivity index (χ1n) is 9.27. The molecule has 0 aromatic carbocycles. The second-order valence-electron chi connectivity index (χ2n) is 7.64. The first-order chi connectivity index (χ1) is 11.7. The fraction of sp³-hybridized carbons (Fsp3) is 0.778. The molecule has 6 heteroatoms. The number of carbonyl (C=O) groups excluding carboxylic acids is 1. The molecule has 2 aliphatic carbocycles. The molecule has 2 heterocycles. The van der Waals surface area contributed by atoms with E-state index in [1.54, 1.807) is 6.20 Å². The molecule has 1 aliphatic heterocycles. The molecule has 24 heavy (non-hydrogen) atoms. The average Bonchev–Trinajstić information content (AvgIpc) is 3.23. The lowest BCUT2D eigenvalue weighted by Crippen LogP contribution is -2.39. The smallest absolute Gasteiger partial charge is 0.227 e. The number of fused-ring (bicyclic) bond motifs is 1. The lowest BCUT2D eigenvalue weighted by atomic mass is 9.86. The number of aryl methyl sites for hydroxylation is 1. The molecule has 1 spiro atoms. The first kappa shape index (κ1) is 16.1. The zero-order valence-corrected chi connectivity index (χ0v) is 14.3. The van der Waals surface area contributed by atoms with Crippen LogP contribution in [0.2, 0.25) is 0 Å². The van der Waals surface area contributed by atoms with Gasteiger partial charge in [0, 0.05) is 30.6 Å². The van der Waals surface area contributed by atoms with E-state index in [0.29, 0.717) is 13.2 Å². The zero-order valence-electron chi connectivity index (χ0n) is 14.3. The summed E-state index contributed by atoms with van der Waals surface area (Å²) in [6.45, 7) is 3.39. The highest BCUT2D eigenvalue weighted by Gasteiger charge is 2.43. The van der Waals surface area contributed by atoms with Crippen molar-refractivity contribution in [3.05, 3.63) is 17.5 Å². The quantitative estimate of drug-likeness (QED) is 0.890. The Bertz CT molecular complexity index is 592. The van der Waals surface area contributed by atoms with Crippen molar-refractivity contribution in [2.24, 2.45) is 5.92 Å². The summed E-state index contributed by atoms with van der Waals surface area (Å²) in [5, 5.41) is 10.2. The molecule has 132 valence electrons. The third-order valence-electron chi connectivity index (χ3n) is 5.82. The van der Waals surface area contributed by atoms with Gasteiger partial charge in [-0.3, -0.25) is 9.89 Å². The number of nitrogens with one attached hydrogen (secondary N) is 2. The number of hydrogen-bond donors (Lipinski definition) is 2. The molecule has 2 N–H and O–H groups in total. The van der Waals surface area contributed by atoms with Crippen LogP contribution in [0.25, 0.3) is 0 Å². The predicted octanol–water partition coefficient (Wildman–Crippen LogP) is 2.27. The SMILES string of the molecule is CC1CCC2(CC1)OC[C@H](CNC(=O)[C@@H]1CCCc3[nH]ncc31)O2. The number of aromatic amines is 1. The molecule has 0 unspecified atom stereocenters. The Morgan fingerprint density at radius 1 is 1.42 bits per heavy atom. The number of carbonyl (C=O) groups is 1. The number of H-pyrrole nitrogens is 1. The molecule has 1 aromatic heterocycles. The van der Waals surface area contributed by atoms with Crippen LogP contribution in [-0.4, -0.2) is 41.1 Å². The third kappa shape index (κ3) is 3.09. The summed E-state index contributed by atoms with van der Waals surface area (Å²) in [7, 11) is 0. The molecule has 2 fully saturated rings. The molecule has 1 amide bonds. The van der Waals surface area contributed by atoms with Gasteiger partial charge >= 0.3 is 0 Å². The molecule has 0 radical (unpaired) electrons. The van der Waals surface area contributed by atoms with Crippen molar-refractivity contribution >= 4 is 5.91 Å². The van der Waals surface area contributed by atoms with E-state index in [1.807, 2.05) is 0 Å². The van der Waals surface area contributed by atoms with Gasteiger partial charge in [0.15, 0.2) is 5.79 Å². The first-order valence-corrected chi connectivity index (χ1v) is 9.27. The Balaban J connectivity index is 1.30. The maximum Gasteiger partial charge on any atom is 0.227 e. The van der Waals surface area contributed by atoms with Crippen LogP contribution < -0.4 is 5.32 Å². The van der Waals surface area contributed by atoms with Gasteiger partial charge in [-0.05, 0) is 38.0 Å². The second-order valence-corrected chi connectivity index (χ2v) is 7.64. The highest BCUT2D eigenvalue weighted by molar-refractivity contribution is 5.84. The van der Waals surface area contributed by atoms with Gasteiger partial charge in [0.1, 0.15) is 6.10 Å². The van der Waals surface area contributed by atoms with Gasteiger partial charge in [0.05, 0.1) is 18.7 Å². The largest absolute Gasteiger partial charge is 0.353 e. The summed E-state index contributed by atoms with van der Waals surface area (Å²) in [6, 6.07) is 0. The van der Waals surface area contributed by atoms with Crippen LogP contribution in [-0.2, 0) is 20.7 Å². The maximum absolute atomic E-state index is 12.6. The molecule has 3 aliphatic rings. The van der Waals surface area contributed by atoms with Crippen molar-refractivity contribution < 1.29 is 14.3 Å². The molecule has 0 bridgehead atoms. The van der Waals surface area contributed by atoms with Gasteiger partial charge in [-0.1, -0.05) is 6.92 Å². The third-order valence-corrected chi connectivity index (χ3v) is 5.82. The van der Waals surface area contributed by atoms with Crippen LogP contribution in [0.15, 0.2) is 6.20 Å². The fourth-order valence-corrected chi connectivity index (χ4v) is 4.25. The Morgan fingerprint density at radius 3 is 3.08 bits per heavy atom. The van der Waals surface area contributed by atoms with Crippen molar-refractivity contribution in [2.45, 2.75) is 69.7 Å². The van der Waals surface area contributed by atoms with E-state index in [0.717, 1.165) is 62.1 Å². The highest BCUT2D eigenvalue weighted by Crippen LogP contribution is 2.39. The zero-order chi connectivity index (χ0) is 16.6. The summed E-state index contributed by atoms with van der Waals surface area (Å²) in [5.41, 5.74) is 2.16. The Labute approximate surface area is 142 Å². The summed E-state index contributed by atoms with van der Waals surface area (Å²) in [4.78, 5) is 12.6. The lowest BCUT2D eigenvalue weighted by molar-refractivity contribution is -0.191. The standard InChI is InChI=1S/C18H27N3O3/c1-12-5-7-18(8-6-12)23-11-13(24-18)9-19-17(22)14-3-2-4-16-15(14)10-20-21-16/h10,12-14H,2-9,11H2,1H3,(H,19,22)(H,20,21)/t12?,13-,14+,18?/m0/s1. The van der Waals surface area contributed by atoms with E-state index >= 15 is 0 Å². The van der Waals surface area contributed by atoms with Crippen LogP contribution in [0.5, 0.6) is 0 Å². The highest BCUT2D eigenvalue weighted by atomic mass is 16.7. The van der Waals surface area contributed by atoms with Crippen LogP contribution >= 0.6 is 0 Å². The number of hydrogen-bond acceptors (Lipinski definition) is 4. The molecular weight excluding hydrogens is 306 g/mol. The maximum atomic E-state index is 12.6. The van der Waals surface area contributed by atoms with E-state index in [4.69, 9.17) is 9.47 Å². The Hall–Kier alpha value is -1.40. The van der Waals surface area contributed by atoms with Crippen LogP contribution in [0.3, 0.4) is 0 Å². The van der Waals surface area contributed by atoms with Crippen LogP contribution in [0.4, 0.5) is 0 Å². The molecule has 6 nitrogen and oxygen atoms in total. The van der Waals surface area contributed by atoms with E-state index < -0.39 is 0 Å².